The van der Waals surface area contributed by atoms with Crippen LogP contribution in [0.2, 0.25) is 0 Å². The second kappa shape index (κ2) is 7.92. The van der Waals surface area contributed by atoms with Gasteiger partial charge in [-0.2, -0.15) is 13.2 Å². The highest BCUT2D eigenvalue weighted by molar-refractivity contribution is 7.15. The highest BCUT2D eigenvalue weighted by Gasteiger charge is 2.30. The molecule has 1 heterocycles. The first kappa shape index (κ1) is 19.1. The van der Waals surface area contributed by atoms with Crippen LogP contribution >= 0.6 is 11.3 Å². The topological polar surface area (TPSA) is 42.0 Å². The summed E-state index contributed by atoms with van der Waals surface area (Å²) < 4.78 is 38.4. The van der Waals surface area contributed by atoms with Gasteiger partial charge in [-0.1, -0.05) is 37.3 Å². The number of halogens is 3. The molecule has 0 aliphatic heterocycles. The Labute approximate surface area is 158 Å². The fourth-order valence-electron chi connectivity index (χ4n) is 2.57. The van der Waals surface area contributed by atoms with Crippen LogP contribution in [-0.4, -0.2) is 10.9 Å². The summed E-state index contributed by atoms with van der Waals surface area (Å²) in [5.74, 6) is -0.266. The standard InChI is InChI=1S/C20H17F3N2OS/c1-2-13-6-8-15(9-7-13)18(26)25-19-24-12-17(27-19)11-14-4-3-5-16(10-14)20(21,22)23/h3-10,12H,2,11H2,1H3,(H,24,25,26). The van der Waals surface area contributed by atoms with E-state index in [0.717, 1.165) is 29.0 Å². The van der Waals surface area contributed by atoms with Crippen LogP contribution in [0.3, 0.4) is 0 Å². The van der Waals surface area contributed by atoms with E-state index in [1.54, 1.807) is 24.4 Å². The number of carbonyl (C=O) groups excluding carboxylic acids is 1. The molecule has 0 spiro atoms. The SMILES string of the molecule is CCc1ccc(C(=O)Nc2ncc(Cc3cccc(C(F)(F)F)c3)s2)cc1. The average molecular weight is 390 g/mol. The van der Waals surface area contributed by atoms with Crippen molar-refractivity contribution < 1.29 is 18.0 Å². The van der Waals surface area contributed by atoms with E-state index in [9.17, 15) is 18.0 Å². The van der Waals surface area contributed by atoms with Crippen molar-refractivity contribution in [3.63, 3.8) is 0 Å². The first-order valence-electron chi connectivity index (χ1n) is 8.36. The Morgan fingerprint density at radius 1 is 1.11 bits per heavy atom. The van der Waals surface area contributed by atoms with Crippen molar-refractivity contribution in [2.45, 2.75) is 25.9 Å². The Bertz CT molecular complexity index is 933. The van der Waals surface area contributed by atoms with Crippen LogP contribution in [0.25, 0.3) is 0 Å². The molecule has 0 bridgehead atoms. The number of aryl methyl sites for hydroxylation is 1. The minimum absolute atomic E-state index is 0.266. The number of hydrogen-bond donors (Lipinski definition) is 1. The summed E-state index contributed by atoms with van der Waals surface area (Å²) in [6.45, 7) is 2.04. The van der Waals surface area contributed by atoms with Gasteiger partial charge in [0.2, 0.25) is 0 Å². The average Bonchev–Trinajstić information content (AvgIpc) is 3.08. The molecule has 27 heavy (non-hydrogen) atoms. The Morgan fingerprint density at radius 2 is 1.85 bits per heavy atom. The lowest BCUT2D eigenvalue weighted by atomic mass is 10.1. The van der Waals surface area contributed by atoms with Crippen LogP contribution in [-0.2, 0) is 19.0 Å². The maximum absolute atomic E-state index is 12.8. The molecule has 0 saturated carbocycles. The Kier molecular flexibility index (Phi) is 5.60. The predicted molar refractivity (Wildman–Crippen MR) is 100 cm³/mol. The summed E-state index contributed by atoms with van der Waals surface area (Å²) in [6.07, 6.45) is -1.58. The highest BCUT2D eigenvalue weighted by Crippen LogP contribution is 2.30. The molecule has 2 aromatic carbocycles. The maximum Gasteiger partial charge on any atom is 0.416 e. The van der Waals surface area contributed by atoms with Gasteiger partial charge in [0.15, 0.2) is 5.13 Å². The smallest absolute Gasteiger partial charge is 0.298 e. The van der Waals surface area contributed by atoms with Gasteiger partial charge in [0.25, 0.3) is 5.91 Å². The lowest BCUT2D eigenvalue weighted by Crippen LogP contribution is -2.11. The van der Waals surface area contributed by atoms with Crippen LogP contribution in [0.4, 0.5) is 18.3 Å². The Hall–Kier alpha value is -2.67. The minimum Gasteiger partial charge on any atom is -0.298 e. The lowest BCUT2D eigenvalue weighted by Gasteiger charge is -2.07. The van der Waals surface area contributed by atoms with E-state index in [2.05, 4.69) is 10.3 Å². The predicted octanol–water partition coefficient (Wildman–Crippen LogP) is 5.57. The zero-order valence-electron chi connectivity index (χ0n) is 14.5. The number of nitrogens with zero attached hydrogens (tertiary/aromatic N) is 1. The molecular formula is C20H17F3N2OS. The van der Waals surface area contributed by atoms with Gasteiger partial charge in [0.1, 0.15) is 0 Å². The number of rotatable bonds is 5. The van der Waals surface area contributed by atoms with E-state index >= 15 is 0 Å². The summed E-state index contributed by atoms with van der Waals surface area (Å²) in [5, 5.41) is 3.14. The van der Waals surface area contributed by atoms with Crippen LogP contribution in [0, 0.1) is 0 Å². The maximum atomic E-state index is 12.8. The molecule has 3 aromatic rings. The summed E-state index contributed by atoms with van der Waals surface area (Å²) in [4.78, 5) is 17.2. The van der Waals surface area contributed by atoms with Crippen molar-refractivity contribution in [3.8, 4) is 0 Å². The van der Waals surface area contributed by atoms with Crippen LogP contribution in [0.1, 0.15) is 38.8 Å². The van der Waals surface area contributed by atoms with E-state index in [-0.39, 0.29) is 5.91 Å². The van der Waals surface area contributed by atoms with Gasteiger partial charge in [0, 0.05) is 23.1 Å². The van der Waals surface area contributed by atoms with E-state index < -0.39 is 11.7 Å². The largest absolute Gasteiger partial charge is 0.416 e. The lowest BCUT2D eigenvalue weighted by molar-refractivity contribution is -0.137. The molecule has 1 amide bonds. The molecule has 3 nitrogen and oxygen atoms in total. The second-order valence-corrected chi connectivity index (χ2v) is 7.13. The number of benzene rings is 2. The van der Waals surface area contributed by atoms with Gasteiger partial charge in [-0.25, -0.2) is 4.98 Å². The zero-order valence-corrected chi connectivity index (χ0v) is 15.3. The molecule has 0 fully saturated rings. The van der Waals surface area contributed by atoms with Crippen molar-refractivity contribution in [1.82, 2.24) is 4.98 Å². The highest BCUT2D eigenvalue weighted by atomic mass is 32.1. The number of thiazole rings is 1. The molecule has 0 aliphatic carbocycles. The molecule has 0 atom stereocenters. The second-order valence-electron chi connectivity index (χ2n) is 6.01. The Balaban J connectivity index is 1.67. The van der Waals surface area contributed by atoms with Crippen LogP contribution < -0.4 is 5.32 Å². The molecule has 0 unspecified atom stereocenters. The normalized spacial score (nSPS) is 11.4. The summed E-state index contributed by atoms with van der Waals surface area (Å²) in [6, 6.07) is 12.5. The minimum atomic E-state index is -4.36. The summed E-state index contributed by atoms with van der Waals surface area (Å²) >= 11 is 1.25. The number of alkyl halides is 3. The van der Waals surface area contributed by atoms with Crippen molar-refractivity contribution in [2.75, 3.05) is 5.32 Å². The molecule has 0 aliphatic rings. The molecular weight excluding hydrogens is 373 g/mol. The number of aromatic nitrogens is 1. The monoisotopic (exact) mass is 390 g/mol. The van der Waals surface area contributed by atoms with E-state index in [4.69, 9.17) is 0 Å². The third kappa shape index (κ3) is 4.95. The fraction of sp³-hybridized carbons (Fsp3) is 0.200. The van der Waals surface area contributed by atoms with E-state index in [0.29, 0.717) is 22.7 Å². The third-order valence-electron chi connectivity index (χ3n) is 4.03. The van der Waals surface area contributed by atoms with E-state index in [1.165, 1.54) is 17.4 Å². The van der Waals surface area contributed by atoms with Gasteiger partial charge in [-0.3, -0.25) is 10.1 Å². The van der Waals surface area contributed by atoms with Gasteiger partial charge in [-0.05, 0) is 35.7 Å². The fourth-order valence-corrected chi connectivity index (χ4v) is 3.41. The van der Waals surface area contributed by atoms with Gasteiger partial charge < -0.3 is 0 Å². The summed E-state index contributed by atoms with van der Waals surface area (Å²) in [7, 11) is 0. The van der Waals surface area contributed by atoms with E-state index in [1.807, 2.05) is 19.1 Å². The van der Waals surface area contributed by atoms with Crippen molar-refractivity contribution in [2.24, 2.45) is 0 Å². The van der Waals surface area contributed by atoms with Crippen LogP contribution in [0.5, 0.6) is 0 Å². The van der Waals surface area contributed by atoms with Crippen molar-refractivity contribution in [1.29, 1.82) is 0 Å². The number of carbonyl (C=O) groups is 1. The van der Waals surface area contributed by atoms with Crippen molar-refractivity contribution in [3.05, 3.63) is 81.9 Å². The van der Waals surface area contributed by atoms with Gasteiger partial charge in [-0.15, -0.1) is 11.3 Å². The number of hydrogen-bond acceptors (Lipinski definition) is 3. The first-order chi connectivity index (χ1) is 12.8. The molecule has 1 aromatic heterocycles. The number of anilines is 1. The first-order valence-corrected chi connectivity index (χ1v) is 9.18. The molecule has 0 radical (unpaired) electrons. The molecule has 3 rings (SSSR count). The molecule has 0 saturated heterocycles. The molecule has 1 N–H and O–H groups in total. The summed E-state index contributed by atoms with van der Waals surface area (Å²) in [5.41, 5.74) is 1.54. The number of amides is 1. The van der Waals surface area contributed by atoms with Gasteiger partial charge in [0.05, 0.1) is 5.56 Å². The number of nitrogens with one attached hydrogen (secondary N) is 1. The zero-order chi connectivity index (χ0) is 19.4. The van der Waals surface area contributed by atoms with Crippen LogP contribution in [0.15, 0.2) is 54.7 Å². The van der Waals surface area contributed by atoms with Gasteiger partial charge >= 0.3 is 6.18 Å². The third-order valence-corrected chi connectivity index (χ3v) is 4.94. The molecule has 7 heteroatoms. The Morgan fingerprint density at radius 3 is 2.52 bits per heavy atom. The van der Waals surface area contributed by atoms with Crippen molar-refractivity contribution >= 4 is 22.4 Å². The molecule has 140 valence electrons. The quantitative estimate of drug-likeness (QED) is 0.619.